The summed E-state index contributed by atoms with van der Waals surface area (Å²) in [5.41, 5.74) is 3.31. The molecule has 0 saturated heterocycles. The van der Waals surface area contributed by atoms with Crippen LogP contribution in [0, 0.1) is 0 Å². The number of anilines is 1. The number of carbonyl (C=O) groups excluding carboxylic acids is 2. The number of amides is 1. The Morgan fingerprint density at radius 1 is 1.21 bits per heavy atom. The molecule has 1 N–H and O–H groups in total. The summed E-state index contributed by atoms with van der Waals surface area (Å²) in [6, 6.07) is 8.03. The Hall–Kier alpha value is -1.85. The zero-order valence-electron chi connectivity index (χ0n) is 13.7. The second kappa shape index (κ2) is 8.85. The Bertz CT molecular complexity index is 710. The van der Waals surface area contributed by atoms with Crippen LogP contribution in [0.5, 0.6) is 0 Å². The van der Waals surface area contributed by atoms with Gasteiger partial charge in [-0.2, -0.15) is 0 Å². The molecule has 1 amide bonds. The van der Waals surface area contributed by atoms with Crippen LogP contribution < -0.4 is 5.32 Å². The van der Waals surface area contributed by atoms with Gasteiger partial charge in [0, 0.05) is 23.2 Å². The van der Waals surface area contributed by atoms with Crippen LogP contribution in [-0.4, -0.2) is 24.4 Å². The van der Waals surface area contributed by atoms with E-state index in [-0.39, 0.29) is 24.8 Å². The second-order valence-electron chi connectivity index (χ2n) is 5.11. The number of ether oxygens (including phenoxy) is 1. The molecule has 0 saturated carbocycles. The van der Waals surface area contributed by atoms with E-state index in [9.17, 15) is 9.59 Å². The van der Waals surface area contributed by atoms with Gasteiger partial charge in [0.2, 0.25) is 5.91 Å². The lowest BCUT2D eigenvalue weighted by atomic mass is 10.0. The highest BCUT2D eigenvalue weighted by Gasteiger charge is 2.22. The van der Waals surface area contributed by atoms with Crippen molar-refractivity contribution in [1.82, 2.24) is 0 Å². The van der Waals surface area contributed by atoms with Crippen LogP contribution in [0.25, 0.3) is 11.1 Å². The van der Waals surface area contributed by atoms with Gasteiger partial charge in [0.25, 0.3) is 0 Å². The Kier molecular flexibility index (Phi) is 6.82. The quantitative estimate of drug-likeness (QED) is 0.570. The van der Waals surface area contributed by atoms with Gasteiger partial charge in [0.05, 0.1) is 6.61 Å². The number of hydrogen-bond donors (Lipinski definition) is 1. The maximum absolute atomic E-state index is 12.4. The summed E-state index contributed by atoms with van der Waals surface area (Å²) in [7, 11) is 0. The molecule has 0 radical (unpaired) electrons. The van der Waals surface area contributed by atoms with Crippen LogP contribution in [0.15, 0.2) is 29.6 Å². The number of hydrogen-bond acceptors (Lipinski definition) is 4. The molecule has 128 valence electrons. The lowest BCUT2D eigenvalue weighted by Gasteiger charge is -2.09. The van der Waals surface area contributed by atoms with Gasteiger partial charge in [-0.25, -0.2) is 4.79 Å². The first-order valence-corrected chi connectivity index (χ1v) is 9.25. The molecular weight excluding hydrogens is 346 g/mol. The van der Waals surface area contributed by atoms with Gasteiger partial charge in [0.15, 0.2) is 0 Å². The fourth-order valence-electron chi connectivity index (χ4n) is 2.26. The molecule has 2 aromatic rings. The van der Waals surface area contributed by atoms with Gasteiger partial charge in [-0.1, -0.05) is 31.2 Å². The van der Waals surface area contributed by atoms with Crippen LogP contribution in [0.1, 0.15) is 36.2 Å². The maximum atomic E-state index is 12.4. The van der Waals surface area contributed by atoms with E-state index in [0.717, 1.165) is 17.5 Å². The monoisotopic (exact) mass is 365 g/mol. The highest BCUT2D eigenvalue weighted by Crippen LogP contribution is 2.36. The van der Waals surface area contributed by atoms with E-state index >= 15 is 0 Å². The number of alkyl halides is 1. The topological polar surface area (TPSA) is 55.4 Å². The number of thiophene rings is 1. The molecule has 2 rings (SSSR count). The summed E-state index contributed by atoms with van der Waals surface area (Å²) in [4.78, 5) is 24.2. The molecule has 0 bridgehead atoms. The first-order valence-electron chi connectivity index (χ1n) is 7.84. The molecule has 0 aliphatic rings. The molecule has 1 heterocycles. The molecule has 0 unspecified atom stereocenters. The molecule has 1 aromatic heterocycles. The van der Waals surface area contributed by atoms with Gasteiger partial charge >= 0.3 is 5.97 Å². The van der Waals surface area contributed by atoms with Gasteiger partial charge in [-0.15, -0.1) is 22.9 Å². The van der Waals surface area contributed by atoms with Crippen molar-refractivity contribution < 1.29 is 14.3 Å². The van der Waals surface area contributed by atoms with Crippen molar-refractivity contribution in [2.45, 2.75) is 26.7 Å². The minimum Gasteiger partial charge on any atom is -0.462 e. The van der Waals surface area contributed by atoms with Crippen molar-refractivity contribution in [2.24, 2.45) is 0 Å². The van der Waals surface area contributed by atoms with Crippen LogP contribution in [-0.2, 0) is 16.0 Å². The van der Waals surface area contributed by atoms with Crippen molar-refractivity contribution in [3.8, 4) is 11.1 Å². The molecule has 24 heavy (non-hydrogen) atoms. The number of nitrogens with one attached hydrogen (secondary N) is 1. The summed E-state index contributed by atoms with van der Waals surface area (Å²) in [5.74, 6) is -0.420. The molecule has 0 aliphatic carbocycles. The molecule has 0 fully saturated rings. The smallest absolute Gasteiger partial charge is 0.341 e. The van der Waals surface area contributed by atoms with Gasteiger partial charge in [0.1, 0.15) is 10.6 Å². The third-order valence-electron chi connectivity index (χ3n) is 3.52. The average molecular weight is 366 g/mol. The SMILES string of the molecule is CCOC(=O)c1c(-c2ccc(CC)cc2)csc1NC(=O)CCCl. The lowest BCUT2D eigenvalue weighted by Crippen LogP contribution is -2.14. The predicted octanol–water partition coefficient (Wildman–Crippen LogP) is 4.72. The predicted molar refractivity (Wildman–Crippen MR) is 99.1 cm³/mol. The molecule has 0 spiro atoms. The highest BCUT2D eigenvalue weighted by molar-refractivity contribution is 7.15. The second-order valence-corrected chi connectivity index (χ2v) is 6.37. The van der Waals surface area contributed by atoms with E-state index in [1.54, 1.807) is 6.92 Å². The highest BCUT2D eigenvalue weighted by atomic mass is 35.5. The summed E-state index contributed by atoms with van der Waals surface area (Å²) < 4.78 is 5.17. The number of esters is 1. The fraction of sp³-hybridized carbons (Fsp3) is 0.333. The minimum atomic E-state index is -0.436. The Balaban J connectivity index is 2.40. The van der Waals surface area contributed by atoms with Gasteiger partial charge in [-0.3, -0.25) is 4.79 Å². The zero-order valence-corrected chi connectivity index (χ0v) is 15.3. The van der Waals surface area contributed by atoms with E-state index in [1.165, 1.54) is 16.9 Å². The standard InChI is InChI=1S/C18H20ClNO3S/c1-3-12-5-7-13(8-6-12)14-11-24-17(20-15(21)9-10-19)16(14)18(22)23-4-2/h5-8,11H,3-4,9-10H2,1-2H3,(H,20,21). The van der Waals surface area contributed by atoms with Crippen LogP contribution in [0.2, 0.25) is 0 Å². The summed E-state index contributed by atoms with van der Waals surface area (Å²) in [6.45, 7) is 4.12. The van der Waals surface area contributed by atoms with Crippen molar-refractivity contribution in [2.75, 3.05) is 17.8 Å². The van der Waals surface area contributed by atoms with E-state index in [1.807, 2.05) is 29.6 Å². The molecule has 6 heteroatoms. The van der Waals surface area contributed by atoms with Crippen LogP contribution >= 0.6 is 22.9 Å². The van der Waals surface area contributed by atoms with Crippen molar-refractivity contribution in [1.29, 1.82) is 0 Å². The average Bonchev–Trinajstić information content (AvgIpc) is 2.99. The Morgan fingerprint density at radius 2 is 1.92 bits per heavy atom. The molecular formula is C18H20ClNO3S. The minimum absolute atomic E-state index is 0.197. The molecule has 1 aromatic carbocycles. The van der Waals surface area contributed by atoms with Gasteiger partial charge < -0.3 is 10.1 Å². The molecule has 0 aliphatic heterocycles. The van der Waals surface area contributed by atoms with E-state index in [2.05, 4.69) is 12.2 Å². The first-order chi connectivity index (χ1) is 11.6. The summed E-state index contributed by atoms with van der Waals surface area (Å²) in [6.07, 6.45) is 1.15. The molecule has 0 atom stereocenters. The largest absolute Gasteiger partial charge is 0.462 e. The van der Waals surface area contributed by atoms with Crippen molar-refractivity contribution >= 4 is 39.8 Å². The van der Waals surface area contributed by atoms with E-state index < -0.39 is 5.97 Å². The number of carbonyl (C=O) groups is 2. The lowest BCUT2D eigenvalue weighted by molar-refractivity contribution is -0.115. The number of rotatable bonds is 7. The summed E-state index contributed by atoms with van der Waals surface area (Å²) in [5, 5.41) is 5.12. The van der Waals surface area contributed by atoms with Gasteiger partial charge in [-0.05, 0) is 24.5 Å². The third-order valence-corrected chi connectivity index (χ3v) is 4.60. The zero-order chi connectivity index (χ0) is 17.5. The Labute approximate surface area is 150 Å². The Morgan fingerprint density at radius 3 is 2.50 bits per heavy atom. The number of halogens is 1. The first kappa shape index (κ1) is 18.5. The fourth-order valence-corrected chi connectivity index (χ4v) is 3.41. The number of aryl methyl sites for hydroxylation is 1. The normalized spacial score (nSPS) is 10.5. The van der Waals surface area contributed by atoms with Crippen LogP contribution in [0.4, 0.5) is 5.00 Å². The van der Waals surface area contributed by atoms with E-state index in [0.29, 0.717) is 10.6 Å². The van der Waals surface area contributed by atoms with Crippen molar-refractivity contribution in [3.05, 3.63) is 40.8 Å². The maximum Gasteiger partial charge on any atom is 0.341 e. The van der Waals surface area contributed by atoms with Crippen molar-refractivity contribution in [3.63, 3.8) is 0 Å². The van der Waals surface area contributed by atoms with Crippen LogP contribution in [0.3, 0.4) is 0 Å². The number of benzene rings is 1. The third kappa shape index (κ3) is 4.36. The van der Waals surface area contributed by atoms with E-state index in [4.69, 9.17) is 16.3 Å². The summed E-state index contributed by atoms with van der Waals surface area (Å²) >= 11 is 6.91. The molecule has 4 nitrogen and oxygen atoms in total.